The minimum atomic E-state index is -0.738. The average molecular weight is 195 g/mol. The zero-order valence-corrected chi connectivity index (χ0v) is 8.32. The first-order valence-electron chi connectivity index (χ1n) is 4.76. The van der Waals surface area contributed by atoms with Crippen molar-refractivity contribution in [3.8, 4) is 0 Å². The number of nitrogens with zero attached hydrogens (tertiary/aromatic N) is 1. The van der Waals surface area contributed by atoms with Crippen LogP contribution in [0.5, 0.6) is 0 Å². The third-order valence-corrected chi connectivity index (χ3v) is 2.47. The van der Waals surface area contributed by atoms with Gasteiger partial charge in [0, 0.05) is 12.6 Å². The van der Waals surface area contributed by atoms with E-state index in [2.05, 4.69) is 0 Å². The zero-order chi connectivity index (χ0) is 10.3. The molecule has 0 aromatic carbocycles. The van der Waals surface area contributed by atoms with Crippen molar-refractivity contribution in [1.29, 1.82) is 0 Å². The minimum absolute atomic E-state index is 0.0538. The van der Waals surface area contributed by atoms with Gasteiger partial charge in [-0.3, -0.25) is 4.79 Å². The molecule has 76 valence electrons. The Hall–Kier alpha value is -1.32. The van der Waals surface area contributed by atoms with E-state index in [-0.39, 0.29) is 11.9 Å². The van der Waals surface area contributed by atoms with E-state index in [1.165, 1.54) is 6.08 Å². The summed E-state index contributed by atoms with van der Waals surface area (Å²) < 4.78 is 5.12. The van der Waals surface area contributed by atoms with E-state index in [1.54, 1.807) is 11.0 Å². The first kappa shape index (κ1) is 9.24. The van der Waals surface area contributed by atoms with Gasteiger partial charge in [0.15, 0.2) is 0 Å². The summed E-state index contributed by atoms with van der Waals surface area (Å²) in [5, 5.41) is 0. The fourth-order valence-electron chi connectivity index (χ4n) is 1.83. The van der Waals surface area contributed by atoms with Crippen LogP contribution in [-0.2, 0) is 14.3 Å². The Bertz CT molecular complexity index is 321. The van der Waals surface area contributed by atoms with Crippen molar-refractivity contribution < 1.29 is 14.3 Å². The van der Waals surface area contributed by atoms with Crippen molar-refractivity contribution in [2.75, 3.05) is 6.54 Å². The number of rotatable bonds is 2. The molecule has 0 aliphatic carbocycles. The van der Waals surface area contributed by atoms with Crippen LogP contribution in [0.4, 0.5) is 0 Å². The molecule has 0 saturated carbocycles. The predicted molar refractivity (Wildman–Crippen MR) is 49.1 cm³/mol. The van der Waals surface area contributed by atoms with Crippen molar-refractivity contribution in [1.82, 2.24) is 4.90 Å². The Morgan fingerprint density at radius 2 is 2.29 bits per heavy atom. The molecule has 0 bridgehead atoms. The van der Waals surface area contributed by atoms with E-state index in [9.17, 15) is 9.59 Å². The van der Waals surface area contributed by atoms with E-state index in [0.717, 1.165) is 0 Å². The zero-order valence-electron chi connectivity index (χ0n) is 8.32. The Morgan fingerprint density at radius 1 is 1.57 bits per heavy atom. The van der Waals surface area contributed by atoms with E-state index >= 15 is 0 Å². The molecule has 2 heterocycles. The van der Waals surface area contributed by atoms with Crippen LogP contribution >= 0.6 is 0 Å². The molecule has 1 saturated heterocycles. The van der Waals surface area contributed by atoms with Gasteiger partial charge < -0.3 is 9.64 Å². The first-order chi connectivity index (χ1) is 6.53. The maximum atomic E-state index is 11.3. The van der Waals surface area contributed by atoms with E-state index in [4.69, 9.17) is 4.74 Å². The lowest BCUT2D eigenvalue weighted by Gasteiger charge is -2.47. The fraction of sp³-hybridized carbons (Fsp3) is 0.600. The quantitative estimate of drug-likeness (QED) is 0.481. The molecular weight excluding hydrogens is 182 g/mol. The summed E-state index contributed by atoms with van der Waals surface area (Å²) in [4.78, 5) is 23.9. The molecule has 2 rings (SSSR count). The Morgan fingerprint density at radius 3 is 2.71 bits per heavy atom. The predicted octanol–water partition coefficient (Wildman–Crippen LogP) is 0.684. The molecule has 2 aliphatic rings. The summed E-state index contributed by atoms with van der Waals surface area (Å²) in [7, 11) is 0. The number of ether oxygens (including phenoxy) is 1. The number of likely N-dealkylation sites (tertiary alicyclic amines) is 1. The normalized spacial score (nSPS) is 30.1. The summed E-state index contributed by atoms with van der Waals surface area (Å²) in [5.74, 6) is 0.0770. The molecule has 1 spiro atoms. The maximum Gasteiger partial charge on any atom is 0.333 e. The number of carbonyl (C=O) groups excluding carboxylic acids is 2. The molecule has 0 radical (unpaired) electrons. The Balaban J connectivity index is 2.12. The third kappa shape index (κ3) is 1.22. The largest absolute Gasteiger partial charge is 0.431 e. The number of hydrogen-bond acceptors (Lipinski definition) is 3. The molecule has 0 aromatic heterocycles. The molecule has 1 amide bonds. The van der Waals surface area contributed by atoms with Gasteiger partial charge in [-0.2, -0.15) is 0 Å². The summed E-state index contributed by atoms with van der Waals surface area (Å²) in [6.45, 7) is 4.69. The SMILES string of the molecule is CC(C)CN1C(=O)CC12C=CC(=O)O2. The monoisotopic (exact) mass is 195 g/mol. The molecule has 14 heavy (non-hydrogen) atoms. The summed E-state index contributed by atoms with van der Waals surface area (Å²) in [5.41, 5.74) is -0.738. The molecule has 1 unspecified atom stereocenters. The van der Waals surface area contributed by atoms with Crippen LogP contribution in [0.15, 0.2) is 12.2 Å². The van der Waals surface area contributed by atoms with Gasteiger partial charge in [-0.1, -0.05) is 13.8 Å². The van der Waals surface area contributed by atoms with Gasteiger partial charge in [-0.25, -0.2) is 4.79 Å². The Kier molecular flexibility index (Phi) is 1.87. The van der Waals surface area contributed by atoms with Crippen LogP contribution in [0.25, 0.3) is 0 Å². The summed E-state index contributed by atoms with van der Waals surface area (Å²) in [6.07, 6.45) is 3.36. The van der Waals surface area contributed by atoms with Gasteiger partial charge in [0.25, 0.3) is 0 Å². The van der Waals surface area contributed by atoms with Crippen molar-refractivity contribution in [3.63, 3.8) is 0 Å². The second-order valence-electron chi connectivity index (χ2n) is 4.17. The van der Waals surface area contributed by atoms with E-state index in [0.29, 0.717) is 18.9 Å². The van der Waals surface area contributed by atoms with Gasteiger partial charge in [0.1, 0.15) is 0 Å². The molecule has 0 aromatic rings. The Labute approximate surface area is 82.5 Å². The number of β-lactam (4-membered cyclic amide) rings is 1. The van der Waals surface area contributed by atoms with Gasteiger partial charge >= 0.3 is 5.97 Å². The van der Waals surface area contributed by atoms with Gasteiger partial charge in [0.2, 0.25) is 11.6 Å². The van der Waals surface area contributed by atoms with Gasteiger partial charge in [-0.05, 0) is 12.0 Å². The lowest BCUT2D eigenvalue weighted by Crippen LogP contribution is -2.63. The smallest absolute Gasteiger partial charge is 0.333 e. The topological polar surface area (TPSA) is 46.6 Å². The average Bonchev–Trinajstić information content (AvgIpc) is 2.46. The van der Waals surface area contributed by atoms with Crippen molar-refractivity contribution >= 4 is 11.9 Å². The highest BCUT2D eigenvalue weighted by Crippen LogP contribution is 2.38. The number of amides is 1. The van der Waals surface area contributed by atoms with Gasteiger partial charge in [0.05, 0.1) is 6.42 Å². The standard InChI is InChI=1S/C10H13NO3/c1-7(2)6-11-8(12)5-10(11)4-3-9(13)14-10/h3-4,7H,5-6H2,1-2H3. The second-order valence-corrected chi connectivity index (χ2v) is 4.17. The fourth-order valence-corrected chi connectivity index (χ4v) is 1.83. The van der Waals surface area contributed by atoms with Crippen molar-refractivity contribution in [3.05, 3.63) is 12.2 Å². The first-order valence-corrected chi connectivity index (χ1v) is 4.76. The lowest BCUT2D eigenvalue weighted by molar-refractivity contribution is -0.198. The molecule has 4 nitrogen and oxygen atoms in total. The lowest BCUT2D eigenvalue weighted by atomic mass is 9.95. The second kappa shape index (κ2) is 2.83. The van der Waals surface area contributed by atoms with Crippen LogP contribution in [0.3, 0.4) is 0 Å². The van der Waals surface area contributed by atoms with Gasteiger partial charge in [-0.15, -0.1) is 0 Å². The van der Waals surface area contributed by atoms with Crippen LogP contribution in [0.2, 0.25) is 0 Å². The molecule has 2 aliphatic heterocycles. The van der Waals surface area contributed by atoms with Crippen LogP contribution in [0, 0.1) is 5.92 Å². The van der Waals surface area contributed by atoms with Crippen molar-refractivity contribution in [2.24, 2.45) is 5.92 Å². The van der Waals surface area contributed by atoms with Crippen molar-refractivity contribution in [2.45, 2.75) is 26.0 Å². The van der Waals surface area contributed by atoms with Crippen LogP contribution in [-0.4, -0.2) is 29.0 Å². The number of esters is 1. The summed E-state index contributed by atoms with van der Waals surface area (Å²) >= 11 is 0. The minimum Gasteiger partial charge on any atom is -0.431 e. The highest BCUT2D eigenvalue weighted by molar-refractivity contribution is 5.92. The van der Waals surface area contributed by atoms with E-state index < -0.39 is 5.72 Å². The highest BCUT2D eigenvalue weighted by atomic mass is 16.6. The number of hydrogen-bond donors (Lipinski definition) is 0. The molecular formula is C10H13NO3. The van der Waals surface area contributed by atoms with Crippen LogP contribution in [0.1, 0.15) is 20.3 Å². The maximum absolute atomic E-state index is 11.3. The highest BCUT2D eigenvalue weighted by Gasteiger charge is 2.54. The molecule has 1 fully saturated rings. The van der Waals surface area contributed by atoms with Crippen LogP contribution < -0.4 is 0 Å². The summed E-state index contributed by atoms with van der Waals surface area (Å²) in [6, 6.07) is 0. The van der Waals surface area contributed by atoms with E-state index in [1.807, 2.05) is 13.8 Å². The third-order valence-electron chi connectivity index (χ3n) is 2.47. The molecule has 1 atom stereocenters. The molecule has 0 N–H and O–H groups in total. The number of carbonyl (C=O) groups is 2. The molecule has 4 heteroatoms.